The number of nitrogens with zero attached hydrogens (tertiary/aromatic N) is 2. The Hall–Kier alpha value is -1.06. The number of methoxy groups -OCH3 is 1. The second kappa shape index (κ2) is 5.51. The predicted molar refractivity (Wildman–Crippen MR) is 80.1 cm³/mol. The summed E-state index contributed by atoms with van der Waals surface area (Å²) in [6, 6.07) is 6.28. The third-order valence-corrected chi connectivity index (χ3v) is 3.57. The minimum absolute atomic E-state index is 0.140. The first kappa shape index (κ1) is 14.4. The molecule has 0 saturated carbocycles. The molecule has 1 aromatic carbocycles. The summed E-state index contributed by atoms with van der Waals surface area (Å²) in [6.45, 7) is 7.06. The molecule has 0 unspecified atom stereocenters. The van der Waals surface area contributed by atoms with Gasteiger partial charge in [0.05, 0.1) is 23.2 Å². The van der Waals surface area contributed by atoms with E-state index >= 15 is 0 Å². The molecule has 0 amide bonds. The van der Waals surface area contributed by atoms with Gasteiger partial charge in [-0.1, -0.05) is 12.1 Å². The standard InChI is InChI=1S/C15H21ClN2O/c1-11-6-5-7-12-14(11)17-13(8-9-16)18(12)15(2,3)10-19-4/h5-7H,8-10H2,1-4H3. The van der Waals surface area contributed by atoms with Crippen LogP contribution in [0, 0.1) is 6.92 Å². The van der Waals surface area contributed by atoms with Gasteiger partial charge in [0, 0.05) is 19.4 Å². The van der Waals surface area contributed by atoms with E-state index in [0.29, 0.717) is 12.5 Å². The van der Waals surface area contributed by atoms with Gasteiger partial charge in [-0.3, -0.25) is 0 Å². The van der Waals surface area contributed by atoms with Gasteiger partial charge in [0.1, 0.15) is 5.82 Å². The van der Waals surface area contributed by atoms with Crippen molar-refractivity contribution in [2.24, 2.45) is 0 Å². The van der Waals surface area contributed by atoms with Crippen molar-refractivity contribution in [3.05, 3.63) is 29.6 Å². The molecule has 0 atom stereocenters. The number of hydrogen-bond donors (Lipinski definition) is 0. The maximum atomic E-state index is 5.92. The smallest absolute Gasteiger partial charge is 0.111 e. The quantitative estimate of drug-likeness (QED) is 0.784. The maximum absolute atomic E-state index is 5.92. The lowest BCUT2D eigenvalue weighted by molar-refractivity contribution is 0.110. The largest absolute Gasteiger partial charge is 0.382 e. The molecular weight excluding hydrogens is 260 g/mol. The van der Waals surface area contributed by atoms with Gasteiger partial charge in [-0.05, 0) is 32.4 Å². The number of para-hydroxylation sites is 1. The van der Waals surface area contributed by atoms with Gasteiger partial charge in [-0.25, -0.2) is 4.98 Å². The van der Waals surface area contributed by atoms with E-state index in [9.17, 15) is 0 Å². The number of aryl methyl sites for hydroxylation is 2. The van der Waals surface area contributed by atoms with Gasteiger partial charge in [-0.2, -0.15) is 0 Å². The van der Waals surface area contributed by atoms with E-state index in [1.165, 1.54) is 5.56 Å². The Labute approximate surface area is 119 Å². The second-order valence-electron chi connectivity index (χ2n) is 5.49. The summed E-state index contributed by atoms with van der Waals surface area (Å²) < 4.78 is 7.63. The second-order valence-corrected chi connectivity index (χ2v) is 5.87. The number of fused-ring (bicyclic) bond motifs is 1. The molecule has 104 valence electrons. The van der Waals surface area contributed by atoms with E-state index in [-0.39, 0.29) is 5.54 Å². The van der Waals surface area contributed by atoms with Gasteiger partial charge in [-0.15, -0.1) is 11.6 Å². The first-order valence-corrected chi connectivity index (χ1v) is 7.07. The number of aromatic nitrogens is 2. The molecule has 0 bridgehead atoms. The van der Waals surface area contributed by atoms with Crippen molar-refractivity contribution in [3.8, 4) is 0 Å². The Morgan fingerprint density at radius 1 is 1.37 bits per heavy atom. The number of ether oxygens (including phenoxy) is 1. The molecule has 0 aliphatic carbocycles. The Morgan fingerprint density at radius 2 is 2.11 bits per heavy atom. The molecule has 0 fully saturated rings. The minimum Gasteiger partial charge on any atom is -0.382 e. The Balaban J connectivity index is 2.68. The fraction of sp³-hybridized carbons (Fsp3) is 0.533. The Bertz CT molecular complexity index is 575. The molecule has 0 radical (unpaired) electrons. The number of alkyl halides is 1. The fourth-order valence-corrected chi connectivity index (χ4v) is 2.80. The number of hydrogen-bond acceptors (Lipinski definition) is 2. The first-order chi connectivity index (χ1) is 9.01. The molecule has 0 aliphatic heterocycles. The van der Waals surface area contributed by atoms with Crippen LogP contribution in [0.5, 0.6) is 0 Å². The first-order valence-electron chi connectivity index (χ1n) is 6.53. The minimum atomic E-state index is -0.140. The molecule has 0 saturated heterocycles. The molecule has 0 aliphatic rings. The average Bonchev–Trinajstić information content (AvgIpc) is 2.70. The summed E-state index contributed by atoms with van der Waals surface area (Å²) in [6.07, 6.45) is 0.767. The Kier molecular flexibility index (Phi) is 4.16. The van der Waals surface area contributed by atoms with Crippen LogP contribution in [0.25, 0.3) is 11.0 Å². The van der Waals surface area contributed by atoms with Gasteiger partial charge < -0.3 is 9.30 Å². The summed E-state index contributed by atoms with van der Waals surface area (Å²) in [5.74, 6) is 1.60. The lowest BCUT2D eigenvalue weighted by Crippen LogP contribution is -2.33. The normalized spacial score (nSPS) is 12.3. The molecule has 19 heavy (non-hydrogen) atoms. The highest BCUT2D eigenvalue weighted by molar-refractivity contribution is 6.17. The molecule has 2 rings (SSSR count). The van der Waals surface area contributed by atoms with Crippen molar-refractivity contribution < 1.29 is 4.74 Å². The predicted octanol–water partition coefficient (Wildman–Crippen LogP) is 3.51. The van der Waals surface area contributed by atoms with Crippen molar-refractivity contribution in [3.63, 3.8) is 0 Å². The van der Waals surface area contributed by atoms with E-state index in [0.717, 1.165) is 23.3 Å². The van der Waals surface area contributed by atoms with Crippen molar-refractivity contribution in [2.75, 3.05) is 19.6 Å². The molecule has 1 heterocycles. The van der Waals surface area contributed by atoms with Crippen LogP contribution in [-0.2, 0) is 16.7 Å². The monoisotopic (exact) mass is 280 g/mol. The zero-order valence-electron chi connectivity index (χ0n) is 12.0. The highest BCUT2D eigenvalue weighted by Crippen LogP contribution is 2.27. The molecule has 0 N–H and O–H groups in total. The van der Waals surface area contributed by atoms with Crippen LogP contribution in [-0.4, -0.2) is 29.1 Å². The van der Waals surface area contributed by atoms with Crippen LogP contribution in [0.2, 0.25) is 0 Å². The van der Waals surface area contributed by atoms with Crippen LogP contribution in [0.4, 0.5) is 0 Å². The van der Waals surface area contributed by atoms with Crippen molar-refractivity contribution >= 4 is 22.6 Å². The summed E-state index contributed by atoms with van der Waals surface area (Å²) in [7, 11) is 1.73. The summed E-state index contributed by atoms with van der Waals surface area (Å²) >= 11 is 5.92. The fourth-order valence-electron chi connectivity index (χ4n) is 2.63. The van der Waals surface area contributed by atoms with Crippen molar-refractivity contribution in [2.45, 2.75) is 32.7 Å². The van der Waals surface area contributed by atoms with Crippen molar-refractivity contribution in [1.82, 2.24) is 9.55 Å². The number of halogens is 1. The summed E-state index contributed by atoms with van der Waals surface area (Å²) in [5.41, 5.74) is 3.27. The lowest BCUT2D eigenvalue weighted by atomic mass is 10.1. The zero-order valence-corrected chi connectivity index (χ0v) is 12.8. The summed E-state index contributed by atoms with van der Waals surface area (Å²) in [5, 5.41) is 0. The van der Waals surface area contributed by atoms with Crippen LogP contribution in [0.3, 0.4) is 0 Å². The van der Waals surface area contributed by atoms with Gasteiger partial charge in [0.25, 0.3) is 0 Å². The van der Waals surface area contributed by atoms with Crippen LogP contribution < -0.4 is 0 Å². The van der Waals surface area contributed by atoms with Crippen LogP contribution in [0.15, 0.2) is 18.2 Å². The molecule has 1 aromatic heterocycles. The number of rotatable bonds is 5. The highest BCUT2D eigenvalue weighted by Gasteiger charge is 2.26. The van der Waals surface area contributed by atoms with Gasteiger partial charge >= 0.3 is 0 Å². The lowest BCUT2D eigenvalue weighted by Gasteiger charge is -2.28. The third kappa shape index (κ3) is 2.63. The zero-order chi connectivity index (χ0) is 14.0. The highest BCUT2D eigenvalue weighted by atomic mass is 35.5. The molecule has 0 spiro atoms. The maximum Gasteiger partial charge on any atom is 0.111 e. The van der Waals surface area contributed by atoms with E-state index in [4.69, 9.17) is 21.3 Å². The average molecular weight is 281 g/mol. The number of imidazole rings is 1. The topological polar surface area (TPSA) is 27.1 Å². The molecule has 4 heteroatoms. The molecule has 3 nitrogen and oxygen atoms in total. The Morgan fingerprint density at radius 3 is 2.74 bits per heavy atom. The van der Waals surface area contributed by atoms with Crippen molar-refractivity contribution in [1.29, 1.82) is 0 Å². The van der Waals surface area contributed by atoms with E-state index in [1.54, 1.807) is 7.11 Å². The van der Waals surface area contributed by atoms with E-state index in [1.807, 2.05) is 0 Å². The van der Waals surface area contributed by atoms with Crippen LogP contribution in [0.1, 0.15) is 25.2 Å². The molecule has 2 aromatic rings. The SMILES string of the molecule is COCC(C)(C)n1c(CCCl)nc2c(C)cccc21. The van der Waals surface area contributed by atoms with Gasteiger partial charge in [0.2, 0.25) is 0 Å². The third-order valence-electron chi connectivity index (χ3n) is 3.38. The number of benzene rings is 1. The summed E-state index contributed by atoms with van der Waals surface area (Å²) in [4.78, 5) is 4.77. The van der Waals surface area contributed by atoms with E-state index < -0.39 is 0 Å². The van der Waals surface area contributed by atoms with Crippen LogP contribution >= 0.6 is 11.6 Å². The van der Waals surface area contributed by atoms with Gasteiger partial charge in [0.15, 0.2) is 0 Å². The molecular formula is C15H21ClN2O. The van der Waals surface area contributed by atoms with E-state index in [2.05, 4.69) is 43.5 Å².